The number of aryl methyl sites for hydroxylation is 2. The van der Waals surface area contributed by atoms with Gasteiger partial charge in [0.25, 0.3) is 0 Å². The van der Waals surface area contributed by atoms with Crippen molar-refractivity contribution in [1.29, 1.82) is 0 Å². The minimum atomic E-state index is 0.869. The number of fused-ring (bicyclic) bond motifs is 1. The third-order valence-electron chi connectivity index (χ3n) is 3.44. The van der Waals surface area contributed by atoms with Crippen LogP contribution in [-0.2, 0) is 26.6 Å². The number of rotatable bonds is 2. The molecule has 3 rings (SSSR count). The van der Waals surface area contributed by atoms with Crippen LogP contribution in [0.3, 0.4) is 0 Å². The summed E-state index contributed by atoms with van der Waals surface area (Å²) >= 11 is 0. The van der Waals surface area contributed by atoms with Crippen molar-refractivity contribution in [1.82, 2.24) is 24.6 Å². The van der Waals surface area contributed by atoms with Crippen molar-refractivity contribution in [3.8, 4) is 0 Å². The van der Waals surface area contributed by atoms with Gasteiger partial charge in [0.2, 0.25) is 0 Å². The fourth-order valence-corrected chi connectivity index (χ4v) is 2.39. The highest BCUT2D eigenvalue weighted by molar-refractivity contribution is 5.20. The Hall–Kier alpha value is -1.75. The maximum absolute atomic E-state index is 4.51. The number of hydrogen-bond donors (Lipinski definition) is 0. The van der Waals surface area contributed by atoms with Gasteiger partial charge in [-0.15, -0.1) is 0 Å². The molecule has 0 spiro atoms. The molecule has 5 heteroatoms. The molecule has 1 aliphatic heterocycles. The molecule has 2 aromatic rings. The maximum Gasteiger partial charge on any atom is 0.125 e. The van der Waals surface area contributed by atoms with Crippen LogP contribution in [0.5, 0.6) is 0 Å². The fourth-order valence-electron chi connectivity index (χ4n) is 2.39. The molecule has 0 aromatic carbocycles. The van der Waals surface area contributed by atoms with E-state index < -0.39 is 0 Å². The molecule has 0 atom stereocenters. The van der Waals surface area contributed by atoms with E-state index >= 15 is 0 Å². The summed E-state index contributed by atoms with van der Waals surface area (Å²) in [4.78, 5) is 11.2. The maximum atomic E-state index is 4.51. The van der Waals surface area contributed by atoms with Crippen molar-refractivity contribution >= 4 is 0 Å². The second-order valence-electron chi connectivity index (χ2n) is 4.80. The Bertz CT molecular complexity index is 560. The van der Waals surface area contributed by atoms with Gasteiger partial charge >= 0.3 is 0 Å². The van der Waals surface area contributed by atoms with Gasteiger partial charge < -0.3 is 0 Å². The molecule has 0 N–H and O–H groups in total. The SMILES string of the molecule is Cc1ncc2c(n1)CCN(Cc1ccnn1C)C2. The third kappa shape index (κ3) is 2.13. The smallest absolute Gasteiger partial charge is 0.125 e. The fraction of sp³-hybridized carbons (Fsp3) is 0.462. The molecule has 5 nitrogen and oxygen atoms in total. The second-order valence-corrected chi connectivity index (χ2v) is 4.80. The molecule has 0 amide bonds. The predicted molar refractivity (Wildman–Crippen MR) is 67.8 cm³/mol. The molecule has 0 fully saturated rings. The lowest BCUT2D eigenvalue weighted by molar-refractivity contribution is 0.236. The van der Waals surface area contributed by atoms with Crippen LogP contribution >= 0.6 is 0 Å². The molecule has 0 unspecified atom stereocenters. The van der Waals surface area contributed by atoms with Crippen molar-refractivity contribution in [2.45, 2.75) is 26.4 Å². The average molecular weight is 243 g/mol. The van der Waals surface area contributed by atoms with E-state index in [2.05, 4.69) is 26.0 Å². The molecule has 18 heavy (non-hydrogen) atoms. The zero-order valence-electron chi connectivity index (χ0n) is 10.8. The normalized spacial score (nSPS) is 15.7. The van der Waals surface area contributed by atoms with E-state index in [-0.39, 0.29) is 0 Å². The second kappa shape index (κ2) is 4.49. The largest absolute Gasteiger partial charge is 0.293 e. The Morgan fingerprint density at radius 1 is 1.39 bits per heavy atom. The van der Waals surface area contributed by atoms with E-state index in [9.17, 15) is 0 Å². The van der Waals surface area contributed by atoms with Gasteiger partial charge in [0.1, 0.15) is 5.82 Å². The number of nitrogens with zero attached hydrogens (tertiary/aromatic N) is 5. The highest BCUT2D eigenvalue weighted by atomic mass is 15.3. The number of hydrogen-bond acceptors (Lipinski definition) is 4. The molecule has 2 aromatic heterocycles. The van der Waals surface area contributed by atoms with Crippen LogP contribution in [0.1, 0.15) is 22.8 Å². The van der Waals surface area contributed by atoms with Crippen molar-refractivity contribution in [3.63, 3.8) is 0 Å². The van der Waals surface area contributed by atoms with Crippen LogP contribution in [0.2, 0.25) is 0 Å². The number of aromatic nitrogens is 4. The molecule has 1 aliphatic rings. The summed E-state index contributed by atoms with van der Waals surface area (Å²) in [5.41, 5.74) is 3.71. The van der Waals surface area contributed by atoms with Crippen molar-refractivity contribution in [2.24, 2.45) is 7.05 Å². The quantitative estimate of drug-likeness (QED) is 0.792. The van der Waals surface area contributed by atoms with Crippen LogP contribution in [0.4, 0.5) is 0 Å². The molecular weight excluding hydrogens is 226 g/mol. The van der Waals surface area contributed by atoms with Gasteiger partial charge in [0.15, 0.2) is 0 Å². The van der Waals surface area contributed by atoms with Crippen LogP contribution in [0.25, 0.3) is 0 Å². The van der Waals surface area contributed by atoms with Crippen LogP contribution < -0.4 is 0 Å². The Morgan fingerprint density at radius 3 is 3.06 bits per heavy atom. The lowest BCUT2D eigenvalue weighted by Crippen LogP contribution is -2.31. The predicted octanol–water partition coefficient (Wildman–Crippen LogP) is 1.08. The zero-order chi connectivity index (χ0) is 12.5. The minimum absolute atomic E-state index is 0.869. The lowest BCUT2D eigenvalue weighted by Gasteiger charge is -2.27. The summed E-state index contributed by atoms with van der Waals surface area (Å²) in [6.45, 7) is 4.86. The van der Waals surface area contributed by atoms with Crippen LogP contribution in [0.15, 0.2) is 18.5 Å². The molecule has 0 bridgehead atoms. The Morgan fingerprint density at radius 2 is 2.28 bits per heavy atom. The molecule has 94 valence electrons. The van der Waals surface area contributed by atoms with Gasteiger partial charge in [0.05, 0.1) is 5.69 Å². The van der Waals surface area contributed by atoms with Gasteiger partial charge in [-0.25, -0.2) is 9.97 Å². The summed E-state index contributed by atoms with van der Waals surface area (Å²) in [6, 6.07) is 2.07. The summed E-state index contributed by atoms with van der Waals surface area (Å²) in [7, 11) is 1.99. The monoisotopic (exact) mass is 243 g/mol. The van der Waals surface area contributed by atoms with E-state index in [0.29, 0.717) is 0 Å². The molecule has 3 heterocycles. The Kier molecular flexibility index (Phi) is 2.83. The Balaban J connectivity index is 1.75. The summed E-state index contributed by atoms with van der Waals surface area (Å²) in [5.74, 6) is 0.869. The van der Waals surface area contributed by atoms with Crippen molar-refractivity contribution in [3.05, 3.63) is 41.2 Å². The van der Waals surface area contributed by atoms with Crippen LogP contribution in [-0.4, -0.2) is 31.2 Å². The third-order valence-corrected chi connectivity index (χ3v) is 3.44. The van der Waals surface area contributed by atoms with Gasteiger partial charge in [-0.3, -0.25) is 9.58 Å². The van der Waals surface area contributed by atoms with Crippen molar-refractivity contribution < 1.29 is 0 Å². The lowest BCUT2D eigenvalue weighted by atomic mass is 10.1. The molecule has 0 saturated heterocycles. The van der Waals surface area contributed by atoms with Crippen molar-refractivity contribution in [2.75, 3.05) is 6.54 Å². The molecule has 0 radical (unpaired) electrons. The highest BCUT2D eigenvalue weighted by Crippen LogP contribution is 2.18. The topological polar surface area (TPSA) is 46.8 Å². The molecular formula is C13H17N5. The van der Waals surface area contributed by atoms with E-state index in [4.69, 9.17) is 0 Å². The minimum Gasteiger partial charge on any atom is -0.293 e. The average Bonchev–Trinajstić information content (AvgIpc) is 2.75. The first-order valence-corrected chi connectivity index (χ1v) is 6.23. The van der Waals surface area contributed by atoms with Crippen LogP contribution in [0, 0.1) is 6.92 Å². The zero-order valence-corrected chi connectivity index (χ0v) is 10.8. The standard InChI is InChI=1S/C13H17N5/c1-10-14-7-11-8-18(6-4-13(11)16-10)9-12-3-5-15-17(12)2/h3,5,7H,4,6,8-9H2,1-2H3. The summed E-state index contributed by atoms with van der Waals surface area (Å²) in [6.07, 6.45) is 4.82. The first kappa shape index (κ1) is 11.3. The van der Waals surface area contributed by atoms with E-state index in [1.54, 1.807) is 0 Å². The molecule has 0 saturated carbocycles. The van der Waals surface area contributed by atoms with Gasteiger partial charge in [-0.2, -0.15) is 5.10 Å². The van der Waals surface area contributed by atoms with Gasteiger partial charge in [0, 0.05) is 56.8 Å². The molecule has 0 aliphatic carbocycles. The Labute approximate surface area is 106 Å². The van der Waals surface area contributed by atoms with E-state index in [0.717, 1.165) is 31.9 Å². The summed E-state index contributed by atoms with van der Waals surface area (Å²) < 4.78 is 1.93. The van der Waals surface area contributed by atoms with Gasteiger partial charge in [-0.1, -0.05) is 0 Å². The summed E-state index contributed by atoms with van der Waals surface area (Å²) in [5, 5.41) is 4.20. The van der Waals surface area contributed by atoms with E-state index in [1.807, 2.05) is 31.0 Å². The highest BCUT2D eigenvalue weighted by Gasteiger charge is 2.18. The van der Waals surface area contributed by atoms with Gasteiger partial charge in [-0.05, 0) is 13.0 Å². The first-order chi connectivity index (χ1) is 8.72. The first-order valence-electron chi connectivity index (χ1n) is 6.23. The van der Waals surface area contributed by atoms with E-state index in [1.165, 1.54) is 17.0 Å².